The number of ether oxygens (including phenoxy) is 3. The van der Waals surface area contributed by atoms with E-state index < -0.39 is 17.9 Å². The molecule has 0 aliphatic carbocycles. The molecule has 1 aromatic carbocycles. The molecule has 1 aromatic rings. The van der Waals surface area contributed by atoms with Gasteiger partial charge in [-0.3, -0.25) is 4.79 Å². The van der Waals surface area contributed by atoms with Crippen molar-refractivity contribution in [3.05, 3.63) is 23.8 Å². The number of nitrogens with one attached hydrogen (secondary N) is 1. The Balaban J connectivity index is 1.94. The van der Waals surface area contributed by atoms with Crippen LogP contribution in [0.25, 0.3) is 0 Å². The van der Waals surface area contributed by atoms with Gasteiger partial charge in [0.05, 0.1) is 6.61 Å². The van der Waals surface area contributed by atoms with Gasteiger partial charge in [-0.2, -0.15) is 0 Å². The fourth-order valence-electron chi connectivity index (χ4n) is 1.76. The zero-order valence-corrected chi connectivity index (χ0v) is 11.0. The van der Waals surface area contributed by atoms with Gasteiger partial charge in [-0.1, -0.05) is 12.1 Å². The molecule has 1 aliphatic heterocycles. The van der Waals surface area contributed by atoms with Crippen LogP contribution in [-0.2, 0) is 20.9 Å². The molecule has 0 bridgehead atoms. The summed E-state index contributed by atoms with van der Waals surface area (Å²) in [6.45, 7) is 2.17. The van der Waals surface area contributed by atoms with Crippen LogP contribution >= 0.6 is 0 Å². The maximum Gasteiger partial charge on any atom is 0.332 e. The fraction of sp³-hybridized carbons (Fsp3) is 0.385. The number of benzene rings is 1. The van der Waals surface area contributed by atoms with Gasteiger partial charge >= 0.3 is 5.97 Å². The minimum absolute atomic E-state index is 0.155. The second kappa shape index (κ2) is 6.25. The first-order valence-corrected chi connectivity index (χ1v) is 6.21. The molecular formula is C13H16N2O5. The van der Waals surface area contributed by atoms with Crippen molar-refractivity contribution < 1.29 is 23.8 Å². The molecule has 0 fully saturated rings. The highest BCUT2D eigenvalue weighted by atomic mass is 16.7. The number of amides is 1. The van der Waals surface area contributed by atoms with E-state index in [2.05, 4.69) is 10.1 Å². The van der Waals surface area contributed by atoms with Crippen LogP contribution in [0.15, 0.2) is 18.2 Å². The summed E-state index contributed by atoms with van der Waals surface area (Å²) in [5, 5.41) is 2.57. The van der Waals surface area contributed by atoms with Gasteiger partial charge in [0.2, 0.25) is 12.7 Å². The minimum atomic E-state index is -1.33. The van der Waals surface area contributed by atoms with Crippen molar-refractivity contribution in [3.63, 3.8) is 0 Å². The summed E-state index contributed by atoms with van der Waals surface area (Å²) < 4.78 is 15.2. The second-order valence-electron chi connectivity index (χ2n) is 4.10. The Labute approximate surface area is 116 Å². The van der Waals surface area contributed by atoms with E-state index in [0.717, 1.165) is 5.56 Å². The summed E-state index contributed by atoms with van der Waals surface area (Å²) in [5.41, 5.74) is 6.24. The summed E-state index contributed by atoms with van der Waals surface area (Å²) in [6.07, 6.45) is 0. The minimum Gasteiger partial charge on any atom is -0.464 e. The molecule has 0 aromatic heterocycles. The maximum absolute atomic E-state index is 11.7. The van der Waals surface area contributed by atoms with Crippen LogP contribution in [0.3, 0.4) is 0 Å². The van der Waals surface area contributed by atoms with Gasteiger partial charge < -0.3 is 25.3 Å². The molecule has 0 spiro atoms. The zero-order chi connectivity index (χ0) is 14.5. The SMILES string of the molecule is CCOC(=O)C(N)C(=O)NCc1cccc2c1OCO2. The summed E-state index contributed by atoms with van der Waals surface area (Å²) in [7, 11) is 0. The first-order chi connectivity index (χ1) is 9.63. The molecule has 0 radical (unpaired) electrons. The molecule has 0 saturated carbocycles. The van der Waals surface area contributed by atoms with Crippen molar-refractivity contribution in [2.24, 2.45) is 5.73 Å². The lowest BCUT2D eigenvalue weighted by Gasteiger charge is -2.12. The van der Waals surface area contributed by atoms with E-state index in [-0.39, 0.29) is 19.9 Å². The van der Waals surface area contributed by atoms with Crippen LogP contribution < -0.4 is 20.5 Å². The molecule has 7 heteroatoms. The maximum atomic E-state index is 11.7. The monoisotopic (exact) mass is 280 g/mol. The van der Waals surface area contributed by atoms with Gasteiger partial charge in [-0.05, 0) is 13.0 Å². The van der Waals surface area contributed by atoms with Crippen LogP contribution in [-0.4, -0.2) is 31.3 Å². The topological polar surface area (TPSA) is 99.9 Å². The van der Waals surface area contributed by atoms with Crippen molar-refractivity contribution >= 4 is 11.9 Å². The number of carbonyl (C=O) groups is 2. The summed E-state index contributed by atoms with van der Waals surface area (Å²) >= 11 is 0. The number of hydrogen-bond donors (Lipinski definition) is 2. The summed E-state index contributed by atoms with van der Waals surface area (Å²) in [5.74, 6) is -0.119. The summed E-state index contributed by atoms with van der Waals surface area (Å²) in [4.78, 5) is 23.1. The third-order valence-electron chi connectivity index (χ3n) is 2.75. The van der Waals surface area contributed by atoms with Crippen molar-refractivity contribution in [1.82, 2.24) is 5.32 Å². The predicted octanol–water partition coefficient (Wildman–Crippen LogP) is -0.0781. The molecule has 1 unspecified atom stereocenters. The van der Waals surface area contributed by atoms with Gasteiger partial charge in [-0.25, -0.2) is 4.79 Å². The largest absolute Gasteiger partial charge is 0.464 e. The van der Waals surface area contributed by atoms with Crippen molar-refractivity contribution in [3.8, 4) is 11.5 Å². The van der Waals surface area contributed by atoms with Crippen LogP contribution in [0.4, 0.5) is 0 Å². The molecule has 108 valence electrons. The van der Waals surface area contributed by atoms with E-state index >= 15 is 0 Å². The van der Waals surface area contributed by atoms with Crippen molar-refractivity contribution in [2.75, 3.05) is 13.4 Å². The van der Waals surface area contributed by atoms with Crippen LogP contribution in [0.5, 0.6) is 11.5 Å². The highest BCUT2D eigenvalue weighted by Crippen LogP contribution is 2.35. The Morgan fingerprint density at radius 1 is 1.45 bits per heavy atom. The molecule has 1 amide bonds. The number of fused-ring (bicyclic) bond motifs is 1. The Morgan fingerprint density at radius 2 is 2.25 bits per heavy atom. The third kappa shape index (κ3) is 3.00. The number of hydrogen-bond acceptors (Lipinski definition) is 6. The van der Waals surface area contributed by atoms with E-state index in [4.69, 9.17) is 15.2 Å². The first-order valence-electron chi connectivity index (χ1n) is 6.21. The zero-order valence-electron chi connectivity index (χ0n) is 11.0. The Bertz CT molecular complexity index is 517. The molecule has 0 saturated heterocycles. The van der Waals surface area contributed by atoms with Gasteiger partial charge in [-0.15, -0.1) is 0 Å². The molecular weight excluding hydrogens is 264 g/mol. The number of nitrogens with two attached hydrogens (primary N) is 1. The number of esters is 1. The van der Waals surface area contributed by atoms with Gasteiger partial charge in [0.25, 0.3) is 0 Å². The van der Waals surface area contributed by atoms with E-state index in [9.17, 15) is 9.59 Å². The summed E-state index contributed by atoms with van der Waals surface area (Å²) in [6, 6.07) is 4.03. The van der Waals surface area contributed by atoms with Crippen LogP contribution in [0.1, 0.15) is 12.5 Å². The smallest absolute Gasteiger partial charge is 0.332 e. The van der Waals surface area contributed by atoms with E-state index in [1.807, 2.05) is 0 Å². The Morgan fingerprint density at radius 3 is 3.00 bits per heavy atom. The lowest BCUT2D eigenvalue weighted by atomic mass is 10.2. The highest BCUT2D eigenvalue weighted by molar-refractivity contribution is 6.01. The van der Waals surface area contributed by atoms with E-state index in [0.29, 0.717) is 11.5 Å². The first kappa shape index (κ1) is 14.1. The van der Waals surface area contributed by atoms with Gasteiger partial charge in [0.15, 0.2) is 17.5 Å². The van der Waals surface area contributed by atoms with Gasteiger partial charge in [0.1, 0.15) is 0 Å². The van der Waals surface area contributed by atoms with Crippen LogP contribution in [0.2, 0.25) is 0 Å². The number of rotatable bonds is 5. The molecule has 7 nitrogen and oxygen atoms in total. The quantitative estimate of drug-likeness (QED) is 0.578. The highest BCUT2D eigenvalue weighted by Gasteiger charge is 2.24. The third-order valence-corrected chi connectivity index (χ3v) is 2.75. The molecule has 1 atom stereocenters. The Hall–Kier alpha value is -2.28. The number of para-hydroxylation sites is 1. The van der Waals surface area contributed by atoms with Crippen molar-refractivity contribution in [1.29, 1.82) is 0 Å². The second-order valence-corrected chi connectivity index (χ2v) is 4.10. The lowest BCUT2D eigenvalue weighted by Crippen LogP contribution is -2.46. The normalized spacial score (nSPS) is 13.7. The standard InChI is InChI=1S/C13H16N2O5/c1-2-18-13(17)10(14)12(16)15-6-8-4-3-5-9-11(8)20-7-19-9/h3-5,10H,2,6-7,14H2,1H3,(H,15,16). The predicted molar refractivity (Wildman–Crippen MR) is 69.0 cm³/mol. The molecule has 20 heavy (non-hydrogen) atoms. The molecule has 1 aliphatic rings. The lowest BCUT2D eigenvalue weighted by molar-refractivity contribution is -0.148. The van der Waals surface area contributed by atoms with E-state index in [1.165, 1.54) is 0 Å². The fourth-order valence-corrected chi connectivity index (χ4v) is 1.76. The van der Waals surface area contributed by atoms with Gasteiger partial charge in [0, 0.05) is 12.1 Å². The molecule has 2 rings (SSSR count). The van der Waals surface area contributed by atoms with Crippen LogP contribution in [0, 0.1) is 0 Å². The number of carbonyl (C=O) groups excluding carboxylic acids is 2. The molecule has 1 heterocycles. The average molecular weight is 280 g/mol. The average Bonchev–Trinajstić information content (AvgIpc) is 2.93. The van der Waals surface area contributed by atoms with E-state index in [1.54, 1.807) is 25.1 Å². The van der Waals surface area contributed by atoms with Crippen molar-refractivity contribution in [2.45, 2.75) is 19.5 Å². The molecule has 3 N–H and O–H groups in total. The Kier molecular flexibility index (Phi) is 4.41.